The second-order valence-corrected chi connectivity index (χ2v) is 5.76. The number of amides is 1. The van der Waals surface area contributed by atoms with Crippen LogP contribution < -0.4 is 10.6 Å². The summed E-state index contributed by atoms with van der Waals surface area (Å²) in [5.41, 5.74) is 1.91. The number of nitrogens with zero attached hydrogens (tertiary/aromatic N) is 2. The van der Waals surface area contributed by atoms with Crippen LogP contribution in [0.5, 0.6) is 0 Å². The Morgan fingerprint density at radius 3 is 2.95 bits per heavy atom. The molecular formula is C14H12N4O2S. The molecule has 4 rings (SSSR count). The molecule has 21 heavy (non-hydrogen) atoms. The average molecular weight is 300 g/mol. The van der Waals surface area contributed by atoms with Gasteiger partial charge in [0.15, 0.2) is 10.7 Å². The summed E-state index contributed by atoms with van der Waals surface area (Å²) in [6.07, 6.45) is 2.12. The number of carbonyl (C=O) groups is 1. The van der Waals surface area contributed by atoms with E-state index in [2.05, 4.69) is 20.6 Å². The number of fused-ring (bicyclic) bond motifs is 1. The van der Waals surface area contributed by atoms with Crippen LogP contribution in [0.15, 0.2) is 34.1 Å². The van der Waals surface area contributed by atoms with Crippen molar-refractivity contribution < 1.29 is 9.21 Å². The molecule has 2 heterocycles. The van der Waals surface area contributed by atoms with Crippen molar-refractivity contribution in [3.8, 4) is 0 Å². The minimum Gasteiger partial charge on any atom is -0.423 e. The molecule has 1 aromatic carbocycles. The van der Waals surface area contributed by atoms with Gasteiger partial charge in [0.25, 0.3) is 5.91 Å². The molecule has 2 aromatic heterocycles. The van der Waals surface area contributed by atoms with E-state index in [1.807, 2.05) is 24.3 Å². The van der Waals surface area contributed by atoms with E-state index in [-0.39, 0.29) is 5.91 Å². The highest BCUT2D eigenvalue weighted by Crippen LogP contribution is 2.25. The molecule has 7 heteroatoms. The molecule has 0 atom stereocenters. The molecule has 0 spiro atoms. The van der Waals surface area contributed by atoms with Crippen molar-refractivity contribution in [3.63, 3.8) is 0 Å². The summed E-state index contributed by atoms with van der Waals surface area (Å²) in [7, 11) is 0. The third-order valence-corrected chi connectivity index (χ3v) is 3.91. The minimum absolute atomic E-state index is 0.126. The fourth-order valence-electron chi connectivity index (χ4n) is 1.94. The Bertz CT molecular complexity index is 773. The van der Waals surface area contributed by atoms with Gasteiger partial charge in [-0.1, -0.05) is 12.1 Å². The van der Waals surface area contributed by atoms with Gasteiger partial charge in [-0.25, -0.2) is 4.98 Å². The summed E-state index contributed by atoms with van der Waals surface area (Å²) >= 11 is 1.35. The first-order chi connectivity index (χ1) is 10.3. The Morgan fingerprint density at radius 1 is 1.29 bits per heavy atom. The smallest absolute Gasteiger partial charge is 0.302 e. The monoisotopic (exact) mass is 300 g/mol. The Hall–Kier alpha value is -2.41. The van der Waals surface area contributed by atoms with Crippen LogP contribution in [-0.2, 0) is 0 Å². The summed E-state index contributed by atoms with van der Waals surface area (Å²) in [5.74, 6) is -0.126. The second kappa shape index (κ2) is 4.85. The van der Waals surface area contributed by atoms with Crippen LogP contribution in [-0.4, -0.2) is 21.9 Å². The molecule has 106 valence electrons. The Balaban J connectivity index is 1.51. The van der Waals surface area contributed by atoms with Crippen LogP contribution >= 0.6 is 11.3 Å². The third kappa shape index (κ3) is 2.59. The standard InChI is InChI=1S/C14H12N4O2S/c19-12(15-8-5-6-8)10-7-21-14(17-10)18-13-16-9-3-1-2-4-11(9)20-13/h1-4,7-8H,5-6H2,(H,15,19)(H,16,17,18). The number of oxazole rings is 1. The van der Waals surface area contributed by atoms with Gasteiger partial charge in [-0.05, 0) is 25.0 Å². The van der Waals surface area contributed by atoms with E-state index in [9.17, 15) is 4.79 Å². The summed E-state index contributed by atoms with van der Waals surface area (Å²) < 4.78 is 5.56. The molecule has 1 aliphatic rings. The molecule has 0 radical (unpaired) electrons. The molecule has 3 aromatic rings. The molecule has 6 nitrogen and oxygen atoms in total. The number of carbonyl (C=O) groups excluding carboxylic acids is 1. The van der Waals surface area contributed by atoms with Crippen molar-refractivity contribution >= 4 is 39.5 Å². The summed E-state index contributed by atoms with van der Waals surface area (Å²) in [5, 5.41) is 8.20. The molecule has 2 N–H and O–H groups in total. The quantitative estimate of drug-likeness (QED) is 0.774. The van der Waals surface area contributed by atoms with Crippen molar-refractivity contribution in [1.29, 1.82) is 0 Å². The van der Waals surface area contributed by atoms with Gasteiger partial charge in [0.1, 0.15) is 11.2 Å². The predicted octanol–water partition coefficient (Wildman–Crippen LogP) is 2.92. The van der Waals surface area contributed by atoms with E-state index in [0.717, 1.165) is 18.4 Å². The Labute approximate surface area is 124 Å². The average Bonchev–Trinajstić information content (AvgIpc) is 3.02. The zero-order valence-corrected chi connectivity index (χ0v) is 11.8. The van der Waals surface area contributed by atoms with Gasteiger partial charge in [0.2, 0.25) is 0 Å². The lowest BCUT2D eigenvalue weighted by Gasteiger charge is -1.98. The Kier molecular flexibility index (Phi) is 2.85. The van der Waals surface area contributed by atoms with E-state index in [1.54, 1.807) is 5.38 Å². The van der Waals surface area contributed by atoms with Gasteiger partial charge in [-0.3, -0.25) is 10.1 Å². The number of aromatic nitrogens is 2. The molecule has 0 saturated heterocycles. The van der Waals surface area contributed by atoms with E-state index in [0.29, 0.717) is 28.5 Å². The lowest BCUT2D eigenvalue weighted by atomic mass is 10.3. The first-order valence-corrected chi connectivity index (χ1v) is 7.55. The van der Waals surface area contributed by atoms with Gasteiger partial charge in [0.05, 0.1) is 0 Å². The summed E-state index contributed by atoms with van der Waals surface area (Å²) in [4.78, 5) is 20.4. The predicted molar refractivity (Wildman–Crippen MR) is 79.9 cm³/mol. The van der Waals surface area contributed by atoms with Gasteiger partial charge in [-0.15, -0.1) is 11.3 Å². The maximum Gasteiger partial charge on any atom is 0.302 e. The fraction of sp³-hybridized carbons (Fsp3) is 0.214. The van der Waals surface area contributed by atoms with Crippen molar-refractivity contribution in [3.05, 3.63) is 35.3 Å². The van der Waals surface area contributed by atoms with Crippen molar-refractivity contribution in [2.45, 2.75) is 18.9 Å². The zero-order valence-electron chi connectivity index (χ0n) is 11.0. The fourth-order valence-corrected chi connectivity index (χ4v) is 2.62. The van der Waals surface area contributed by atoms with E-state index < -0.39 is 0 Å². The lowest BCUT2D eigenvalue weighted by Crippen LogP contribution is -2.25. The Morgan fingerprint density at radius 2 is 2.14 bits per heavy atom. The van der Waals surface area contributed by atoms with Gasteiger partial charge in [0, 0.05) is 11.4 Å². The minimum atomic E-state index is -0.126. The van der Waals surface area contributed by atoms with Crippen LogP contribution in [0.3, 0.4) is 0 Å². The van der Waals surface area contributed by atoms with Crippen molar-refractivity contribution in [2.75, 3.05) is 5.32 Å². The normalized spacial score (nSPS) is 14.3. The van der Waals surface area contributed by atoms with Crippen LogP contribution in [0.2, 0.25) is 0 Å². The number of rotatable bonds is 4. The van der Waals surface area contributed by atoms with E-state index in [4.69, 9.17) is 4.42 Å². The summed E-state index contributed by atoms with van der Waals surface area (Å²) in [6, 6.07) is 8.22. The maximum atomic E-state index is 11.9. The molecule has 0 aliphatic heterocycles. The lowest BCUT2D eigenvalue weighted by molar-refractivity contribution is 0.0947. The third-order valence-electron chi connectivity index (χ3n) is 3.16. The van der Waals surface area contributed by atoms with Crippen LogP contribution in [0.1, 0.15) is 23.3 Å². The number of benzene rings is 1. The molecule has 0 unspecified atom stereocenters. The summed E-state index contributed by atoms with van der Waals surface area (Å²) in [6.45, 7) is 0. The SMILES string of the molecule is O=C(NC1CC1)c1csc(Nc2nc3ccccc3o2)n1. The number of para-hydroxylation sites is 2. The van der Waals surface area contributed by atoms with Crippen LogP contribution in [0.4, 0.5) is 11.1 Å². The zero-order chi connectivity index (χ0) is 14.2. The molecule has 1 fully saturated rings. The first kappa shape index (κ1) is 12.3. The van der Waals surface area contributed by atoms with Gasteiger partial charge in [-0.2, -0.15) is 4.98 Å². The maximum absolute atomic E-state index is 11.9. The van der Waals surface area contributed by atoms with E-state index in [1.165, 1.54) is 11.3 Å². The van der Waals surface area contributed by atoms with Crippen molar-refractivity contribution in [1.82, 2.24) is 15.3 Å². The van der Waals surface area contributed by atoms with Crippen LogP contribution in [0, 0.1) is 0 Å². The largest absolute Gasteiger partial charge is 0.423 e. The topological polar surface area (TPSA) is 80.0 Å². The highest BCUT2D eigenvalue weighted by atomic mass is 32.1. The van der Waals surface area contributed by atoms with Gasteiger partial charge >= 0.3 is 6.01 Å². The number of hydrogen-bond donors (Lipinski definition) is 2. The molecule has 1 aliphatic carbocycles. The molecule has 1 amide bonds. The molecule has 0 bridgehead atoms. The first-order valence-electron chi connectivity index (χ1n) is 6.67. The number of anilines is 2. The molecular weight excluding hydrogens is 288 g/mol. The molecule has 1 saturated carbocycles. The highest BCUT2D eigenvalue weighted by Gasteiger charge is 2.24. The van der Waals surface area contributed by atoms with Gasteiger partial charge < -0.3 is 9.73 Å². The van der Waals surface area contributed by atoms with Crippen molar-refractivity contribution in [2.24, 2.45) is 0 Å². The van der Waals surface area contributed by atoms with Crippen LogP contribution in [0.25, 0.3) is 11.1 Å². The number of nitrogens with one attached hydrogen (secondary N) is 2. The number of thiazole rings is 1. The number of hydrogen-bond acceptors (Lipinski definition) is 6. The van der Waals surface area contributed by atoms with E-state index >= 15 is 0 Å². The highest BCUT2D eigenvalue weighted by molar-refractivity contribution is 7.14. The second-order valence-electron chi connectivity index (χ2n) is 4.90.